The van der Waals surface area contributed by atoms with Crippen LogP contribution in [0.15, 0.2) is 5.16 Å². The van der Waals surface area contributed by atoms with Crippen LogP contribution in [0.3, 0.4) is 0 Å². The van der Waals surface area contributed by atoms with E-state index >= 15 is 0 Å². The van der Waals surface area contributed by atoms with Crippen LogP contribution in [0.1, 0.15) is 25.7 Å². The van der Waals surface area contributed by atoms with Crippen molar-refractivity contribution in [3.05, 3.63) is 0 Å². The molecule has 84 valence electrons. The highest BCUT2D eigenvalue weighted by molar-refractivity contribution is 7.99. The van der Waals surface area contributed by atoms with Crippen LogP contribution in [-0.2, 0) is 7.05 Å². The molecule has 0 aliphatic heterocycles. The molecule has 2 rings (SSSR count). The predicted molar refractivity (Wildman–Crippen MR) is 61.5 cm³/mol. The van der Waals surface area contributed by atoms with E-state index in [4.69, 9.17) is 11.5 Å². The summed E-state index contributed by atoms with van der Waals surface area (Å²) in [5.74, 6) is 0.460. The minimum atomic E-state index is 0.279. The Morgan fingerprint density at radius 2 is 2.07 bits per heavy atom. The molecule has 2 unspecified atom stereocenters. The van der Waals surface area contributed by atoms with E-state index in [1.165, 1.54) is 19.3 Å². The van der Waals surface area contributed by atoms with Gasteiger partial charge in [0, 0.05) is 18.3 Å². The van der Waals surface area contributed by atoms with Gasteiger partial charge in [0.05, 0.1) is 0 Å². The maximum atomic E-state index is 6.07. The zero-order valence-electron chi connectivity index (χ0n) is 8.89. The number of nitrogens with zero attached hydrogens (tertiary/aromatic N) is 3. The lowest BCUT2D eigenvalue weighted by Gasteiger charge is -2.27. The molecule has 0 spiro atoms. The van der Waals surface area contributed by atoms with Gasteiger partial charge < -0.3 is 11.5 Å². The van der Waals surface area contributed by atoms with Crippen LogP contribution in [0, 0.1) is 0 Å². The zero-order valence-corrected chi connectivity index (χ0v) is 9.70. The molecule has 1 aliphatic carbocycles. The predicted octanol–water partition coefficient (Wildman–Crippen LogP) is 0.759. The van der Waals surface area contributed by atoms with Gasteiger partial charge in [-0.25, -0.2) is 0 Å². The minimum absolute atomic E-state index is 0.279. The molecule has 5 nitrogen and oxygen atoms in total. The van der Waals surface area contributed by atoms with Gasteiger partial charge in [0.2, 0.25) is 5.95 Å². The third kappa shape index (κ3) is 2.26. The summed E-state index contributed by atoms with van der Waals surface area (Å²) in [5, 5.41) is 9.20. The quantitative estimate of drug-likeness (QED) is 0.779. The number of rotatable bonds is 2. The fourth-order valence-electron chi connectivity index (χ4n) is 1.84. The maximum Gasteiger partial charge on any atom is 0.222 e. The summed E-state index contributed by atoms with van der Waals surface area (Å²) in [7, 11) is 1.88. The molecule has 1 aromatic heterocycles. The molecule has 1 aromatic rings. The lowest BCUT2D eigenvalue weighted by atomic mass is 9.96. The van der Waals surface area contributed by atoms with Gasteiger partial charge in [-0.1, -0.05) is 24.6 Å². The van der Waals surface area contributed by atoms with Crippen molar-refractivity contribution in [3.63, 3.8) is 0 Å². The molecule has 1 heterocycles. The average Bonchev–Trinajstić information content (AvgIpc) is 2.53. The highest BCUT2D eigenvalue weighted by atomic mass is 32.2. The molecule has 0 saturated heterocycles. The number of nitrogens with two attached hydrogens (primary N) is 2. The number of hydrogen-bond donors (Lipinski definition) is 2. The van der Waals surface area contributed by atoms with Crippen molar-refractivity contribution >= 4 is 17.7 Å². The smallest absolute Gasteiger partial charge is 0.222 e. The van der Waals surface area contributed by atoms with Gasteiger partial charge in [-0.2, -0.15) is 0 Å². The molecule has 1 saturated carbocycles. The van der Waals surface area contributed by atoms with Crippen molar-refractivity contribution in [2.24, 2.45) is 12.8 Å². The number of anilines is 1. The molecule has 0 aromatic carbocycles. The molecular weight excluding hydrogens is 210 g/mol. The monoisotopic (exact) mass is 227 g/mol. The average molecular weight is 227 g/mol. The van der Waals surface area contributed by atoms with E-state index in [9.17, 15) is 0 Å². The van der Waals surface area contributed by atoms with Crippen LogP contribution in [0.25, 0.3) is 0 Å². The molecule has 0 amide bonds. The SMILES string of the molecule is Cn1c(N)nnc1SC1CCCCC1N. The molecule has 6 heteroatoms. The van der Waals surface area contributed by atoms with Crippen LogP contribution >= 0.6 is 11.8 Å². The summed E-state index contributed by atoms with van der Waals surface area (Å²) in [6.07, 6.45) is 4.79. The molecule has 0 radical (unpaired) electrons. The second-order valence-electron chi connectivity index (χ2n) is 4.00. The first-order chi connectivity index (χ1) is 7.18. The molecular formula is C9H17N5S. The molecule has 2 atom stereocenters. The van der Waals surface area contributed by atoms with Crippen molar-refractivity contribution in [2.45, 2.75) is 42.1 Å². The second kappa shape index (κ2) is 4.40. The zero-order chi connectivity index (χ0) is 10.8. The summed E-state index contributed by atoms with van der Waals surface area (Å²) in [5.41, 5.74) is 11.7. The summed E-state index contributed by atoms with van der Waals surface area (Å²) < 4.78 is 1.81. The summed E-state index contributed by atoms with van der Waals surface area (Å²) >= 11 is 1.70. The number of thioether (sulfide) groups is 1. The van der Waals surface area contributed by atoms with Crippen molar-refractivity contribution in [1.82, 2.24) is 14.8 Å². The van der Waals surface area contributed by atoms with E-state index in [1.54, 1.807) is 11.8 Å². The third-order valence-corrected chi connectivity index (χ3v) is 4.33. The van der Waals surface area contributed by atoms with E-state index < -0.39 is 0 Å². The van der Waals surface area contributed by atoms with E-state index in [0.29, 0.717) is 11.2 Å². The normalized spacial score (nSPS) is 26.8. The topological polar surface area (TPSA) is 82.8 Å². The van der Waals surface area contributed by atoms with Crippen molar-refractivity contribution in [2.75, 3.05) is 5.73 Å². The molecule has 4 N–H and O–H groups in total. The summed E-state index contributed by atoms with van der Waals surface area (Å²) in [6.45, 7) is 0. The Labute approximate surface area is 93.6 Å². The maximum absolute atomic E-state index is 6.07. The number of aromatic nitrogens is 3. The van der Waals surface area contributed by atoms with Gasteiger partial charge >= 0.3 is 0 Å². The van der Waals surface area contributed by atoms with Gasteiger partial charge in [0.1, 0.15) is 0 Å². The summed E-state index contributed by atoms with van der Waals surface area (Å²) in [6, 6.07) is 0.279. The van der Waals surface area contributed by atoms with Crippen LogP contribution in [-0.4, -0.2) is 26.1 Å². The third-order valence-electron chi connectivity index (χ3n) is 2.88. The number of hydrogen-bond acceptors (Lipinski definition) is 5. The molecule has 1 aliphatic rings. The Morgan fingerprint density at radius 1 is 1.33 bits per heavy atom. The van der Waals surface area contributed by atoms with Gasteiger partial charge in [-0.3, -0.25) is 4.57 Å². The first kappa shape index (κ1) is 10.8. The number of nitrogen functional groups attached to an aromatic ring is 1. The molecule has 0 bridgehead atoms. The standard InChI is InChI=1S/C9H17N5S/c1-14-8(11)12-13-9(14)15-7-5-3-2-4-6(7)10/h6-7H,2-5,10H2,1H3,(H2,11,12). The molecule has 1 fully saturated rings. The summed E-state index contributed by atoms with van der Waals surface area (Å²) in [4.78, 5) is 0. The van der Waals surface area contributed by atoms with E-state index in [2.05, 4.69) is 10.2 Å². The minimum Gasteiger partial charge on any atom is -0.368 e. The van der Waals surface area contributed by atoms with E-state index in [0.717, 1.165) is 11.6 Å². The molecule has 15 heavy (non-hydrogen) atoms. The first-order valence-corrected chi connectivity index (χ1v) is 6.13. The Bertz CT molecular complexity index is 337. The van der Waals surface area contributed by atoms with E-state index in [1.807, 2.05) is 11.6 Å². The first-order valence-electron chi connectivity index (χ1n) is 5.25. The largest absolute Gasteiger partial charge is 0.368 e. The van der Waals surface area contributed by atoms with Crippen molar-refractivity contribution < 1.29 is 0 Å². The van der Waals surface area contributed by atoms with Crippen LogP contribution < -0.4 is 11.5 Å². The van der Waals surface area contributed by atoms with Crippen molar-refractivity contribution in [3.8, 4) is 0 Å². The Kier molecular flexibility index (Phi) is 3.16. The van der Waals surface area contributed by atoms with Gasteiger partial charge in [0.25, 0.3) is 0 Å². The lowest BCUT2D eigenvalue weighted by molar-refractivity contribution is 0.452. The van der Waals surface area contributed by atoms with Crippen LogP contribution in [0.5, 0.6) is 0 Å². The fraction of sp³-hybridized carbons (Fsp3) is 0.778. The van der Waals surface area contributed by atoms with Crippen LogP contribution in [0.4, 0.5) is 5.95 Å². The second-order valence-corrected chi connectivity index (χ2v) is 5.21. The highest BCUT2D eigenvalue weighted by Gasteiger charge is 2.24. The van der Waals surface area contributed by atoms with Crippen LogP contribution in [0.2, 0.25) is 0 Å². The fourth-order valence-corrected chi connectivity index (χ4v) is 3.04. The Balaban J connectivity index is 2.04. The highest BCUT2D eigenvalue weighted by Crippen LogP contribution is 2.32. The lowest BCUT2D eigenvalue weighted by Crippen LogP contribution is -2.35. The Morgan fingerprint density at radius 3 is 2.67 bits per heavy atom. The van der Waals surface area contributed by atoms with Gasteiger partial charge in [0.15, 0.2) is 5.16 Å². The van der Waals surface area contributed by atoms with E-state index in [-0.39, 0.29) is 6.04 Å². The van der Waals surface area contributed by atoms with Crippen molar-refractivity contribution in [1.29, 1.82) is 0 Å². The Hall–Kier alpha value is -0.750. The van der Waals surface area contributed by atoms with Gasteiger partial charge in [-0.05, 0) is 12.8 Å². The van der Waals surface area contributed by atoms with Gasteiger partial charge in [-0.15, -0.1) is 10.2 Å².